The summed E-state index contributed by atoms with van der Waals surface area (Å²) >= 11 is 0. The molecule has 0 aliphatic carbocycles. The van der Waals surface area contributed by atoms with Crippen molar-refractivity contribution >= 4 is 6.41 Å². The molecule has 0 aromatic carbocycles. The Morgan fingerprint density at radius 3 is 2.90 bits per heavy atom. The molecule has 1 amide bonds. The molecule has 0 aromatic heterocycles. The Hall–Kier alpha value is -0.570. The Bertz CT molecular complexity index is 116. The quantitative estimate of drug-likeness (QED) is 0.530. The number of rotatable bonds is 2. The Morgan fingerprint density at radius 1 is 1.60 bits per heavy atom. The summed E-state index contributed by atoms with van der Waals surface area (Å²) in [5, 5.41) is 0. The average molecular weight is 143 g/mol. The molecule has 0 saturated carbocycles. The lowest BCUT2D eigenvalue weighted by Gasteiger charge is -2.30. The number of nitrogens with zero attached hydrogens (tertiary/aromatic N) is 1. The largest absolute Gasteiger partial charge is 0.362 e. The molecule has 0 radical (unpaired) electrons. The van der Waals surface area contributed by atoms with Crippen molar-refractivity contribution in [3.05, 3.63) is 0 Å². The van der Waals surface area contributed by atoms with Crippen molar-refractivity contribution in [2.24, 2.45) is 0 Å². The zero-order valence-electron chi connectivity index (χ0n) is 6.25. The lowest BCUT2D eigenvalue weighted by molar-refractivity contribution is -0.133. The molecule has 1 aliphatic heterocycles. The highest BCUT2D eigenvalue weighted by Crippen LogP contribution is 2.14. The van der Waals surface area contributed by atoms with Crippen LogP contribution in [0.25, 0.3) is 0 Å². The Morgan fingerprint density at radius 2 is 2.40 bits per heavy atom. The lowest BCUT2D eigenvalue weighted by atomic mass is 10.1. The van der Waals surface area contributed by atoms with Gasteiger partial charge in [-0.05, 0) is 19.3 Å². The van der Waals surface area contributed by atoms with E-state index in [0.717, 1.165) is 25.8 Å². The lowest BCUT2D eigenvalue weighted by Crippen LogP contribution is -2.39. The van der Waals surface area contributed by atoms with E-state index in [1.165, 1.54) is 6.42 Å². The van der Waals surface area contributed by atoms with E-state index >= 15 is 0 Å². The van der Waals surface area contributed by atoms with Gasteiger partial charge in [0.2, 0.25) is 6.41 Å². The van der Waals surface area contributed by atoms with Gasteiger partial charge in [-0.15, -0.1) is 0 Å². The van der Waals surface area contributed by atoms with Crippen molar-refractivity contribution in [1.82, 2.24) is 4.90 Å². The van der Waals surface area contributed by atoms with E-state index in [1.54, 1.807) is 12.0 Å². The summed E-state index contributed by atoms with van der Waals surface area (Å²) in [6.45, 7) is 0.849. The molecule has 1 aliphatic rings. The summed E-state index contributed by atoms with van der Waals surface area (Å²) in [5.74, 6) is 0. The van der Waals surface area contributed by atoms with Crippen LogP contribution in [0.2, 0.25) is 0 Å². The topological polar surface area (TPSA) is 29.5 Å². The first kappa shape index (κ1) is 7.54. The van der Waals surface area contributed by atoms with Crippen molar-refractivity contribution in [2.45, 2.75) is 25.5 Å². The minimum absolute atomic E-state index is 0.0336. The van der Waals surface area contributed by atoms with E-state index in [9.17, 15) is 4.79 Å². The molecular weight excluding hydrogens is 130 g/mol. The van der Waals surface area contributed by atoms with E-state index in [1.807, 2.05) is 0 Å². The molecule has 0 aromatic rings. The van der Waals surface area contributed by atoms with Gasteiger partial charge in [-0.2, -0.15) is 0 Å². The molecule has 0 bridgehead atoms. The number of piperidine rings is 1. The number of methoxy groups -OCH3 is 1. The second-order valence-corrected chi connectivity index (χ2v) is 2.53. The summed E-state index contributed by atoms with van der Waals surface area (Å²) in [7, 11) is 1.65. The SMILES string of the molecule is CO[C@H]1CCCCN1C=O. The maximum absolute atomic E-state index is 10.4. The third-order valence-electron chi connectivity index (χ3n) is 1.89. The first-order valence-corrected chi connectivity index (χ1v) is 3.62. The average Bonchev–Trinajstić information content (AvgIpc) is 2.04. The van der Waals surface area contributed by atoms with Crippen LogP contribution in [-0.4, -0.2) is 31.2 Å². The van der Waals surface area contributed by atoms with E-state index < -0.39 is 0 Å². The minimum atomic E-state index is 0.0336. The smallest absolute Gasteiger partial charge is 0.211 e. The van der Waals surface area contributed by atoms with Crippen LogP contribution in [-0.2, 0) is 9.53 Å². The molecule has 58 valence electrons. The van der Waals surface area contributed by atoms with Crippen molar-refractivity contribution < 1.29 is 9.53 Å². The van der Waals surface area contributed by atoms with Crippen molar-refractivity contribution in [1.29, 1.82) is 0 Å². The molecule has 3 nitrogen and oxygen atoms in total. The van der Waals surface area contributed by atoms with Crippen molar-refractivity contribution in [3.8, 4) is 0 Å². The predicted octanol–water partition coefficient (Wildman–Crippen LogP) is 0.601. The third-order valence-corrected chi connectivity index (χ3v) is 1.89. The van der Waals surface area contributed by atoms with E-state index in [2.05, 4.69) is 0 Å². The zero-order chi connectivity index (χ0) is 7.40. The Labute approximate surface area is 61.0 Å². The highest BCUT2D eigenvalue weighted by atomic mass is 16.5. The van der Waals surface area contributed by atoms with Crippen molar-refractivity contribution in [3.63, 3.8) is 0 Å². The monoisotopic (exact) mass is 143 g/mol. The first-order valence-electron chi connectivity index (χ1n) is 3.62. The zero-order valence-corrected chi connectivity index (χ0v) is 6.25. The second-order valence-electron chi connectivity index (χ2n) is 2.53. The summed E-state index contributed by atoms with van der Waals surface area (Å²) in [6.07, 6.45) is 4.16. The van der Waals surface area contributed by atoms with E-state index in [-0.39, 0.29) is 6.23 Å². The fraction of sp³-hybridized carbons (Fsp3) is 0.857. The Kier molecular flexibility index (Phi) is 2.68. The summed E-state index contributed by atoms with van der Waals surface area (Å²) in [6, 6.07) is 0. The first-order chi connectivity index (χ1) is 4.88. The second kappa shape index (κ2) is 3.56. The van der Waals surface area contributed by atoms with Gasteiger partial charge in [0.05, 0.1) is 0 Å². The van der Waals surface area contributed by atoms with Crippen LogP contribution in [0.5, 0.6) is 0 Å². The molecule has 1 heterocycles. The fourth-order valence-electron chi connectivity index (χ4n) is 1.30. The highest BCUT2D eigenvalue weighted by Gasteiger charge is 2.19. The predicted molar refractivity (Wildman–Crippen MR) is 37.4 cm³/mol. The summed E-state index contributed by atoms with van der Waals surface area (Å²) in [4.78, 5) is 12.1. The van der Waals surface area contributed by atoms with Crippen LogP contribution in [0.15, 0.2) is 0 Å². The number of hydrogen-bond donors (Lipinski definition) is 0. The van der Waals surface area contributed by atoms with Gasteiger partial charge in [0.25, 0.3) is 0 Å². The molecule has 10 heavy (non-hydrogen) atoms. The third kappa shape index (κ3) is 1.48. The van der Waals surface area contributed by atoms with E-state index in [4.69, 9.17) is 4.74 Å². The van der Waals surface area contributed by atoms with Gasteiger partial charge in [-0.1, -0.05) is 0 Å². The molecule has 0 unspecified atom stereocenters. The number of amides is 1. The Balaban J connectivity index is 2.41. The molecule has 0 spiro atoms. The number of carbonyl (C=O) groups excluding carboxylic acids is 1. The molecule has 3 heteroatoms. The van der Waals surface area contributed by atoms with Crippen LogP contribution in [0, 0.1) is 0 Å². The molecule has 1 saturated heterocycles. The molecule has 1 atom stereocenters. The summed E-state index contributed by atoms with van der Waals surface area (Å²) < 4.78 is 5.09. The van der Waals surface area contributed by atoms with Crippen LogP contribution in [0.4, 0.5) is 0 Å². The molecular formula is C7H13NO2. The van der Waals surface area contributed by atoms with Crippen LogP contribution in [0.3, 0.4) is 0 Å². The molecule has 0 N–H and O–H groups in total. The van der Waals surface area contributed by atoms with Crippen LogP contribution in [0.1, 0.15) is 19.3 Å². The highest BCUT2D eigenvalue weighted by molar-refractivity contribution is 5.47. The van der Waals surface area contributed by atoms with Gasteiger partial charge in [0.15, 0.2) is 0 Å². The standard InChI is InChI=1S/C7H13NO2/c1-10-7-4-2-3-5-8(7)6-9/h6-7H,2-5H2,1H3/t7-/m0/s1. The maximum atomic E-state index is 10.4. The number of hydrogen-bond acceptors (Lipinski definition) is 2. The summed E-state index contributed by atoms with van der Waals surface area (Å²) in [5.41, 5.74) is 0. The molecule has 1 rings (SSSR count). The van der Waals surface area contributed by atoms with Gasteiger partial charge < -0.3 is 9.64 Å². The molecule has 1 fully saturated rings. The number of ether oxygens (including phenoxy) is 1. The van der Waals surface area contributed by atoms with Gasteiger partial charge in [-0.25, -0.2) is 0 Å². The van der Waals surface area contributed by atoms with Crippen LogP contribution >= 0.6 is 0 Å². The van der Waals surface area contributed by atoms with Crippen molar-refractivity contribution in [2.75, 3.05) is 13.7 Å². The normalized spacial score (nSPS) is 26.5. The number of likely N-dealkylation sites (tertiary alicyclic amines) is 1. The maximum Gasteiger partial charge on any atom is 0.211 e. The van der Waals surface area contributed by atoms with Crippen LogP contribution < -0.4 is 0 Å². The van der Waals surface area contributed by atoms with Gasteiger partial charge in [0.1, 0.15) is 6.23 Å². The fourth-order valence-corrected chi connectivity index (χ4v) is 1.30. The minimum Gasteiger partial charge on any atom is -0.362 e. The van der Waals surface area contributed by atoms with Gasteiger partial charge in [-0.3, -0.25) is 4.79 Å². The van der Waals surface area contributed by atoms with E-state index in [0.29, 0.717) is 0 Å². The van der Waals surface area contributed by atoms with Gasteiger partial charge in [0, 0.05) is 13.7 Å². The van der Waals surface area contributed by atoms with Gasteiger partial charge >= 0.3 is 0 Å². The number of carbonyl (C=O) groups is 1.